The highest BCUT2D eigenvalue weighted by Crippen LogP contribution is 2.28. The van der Waals surface area contributed by atoms with Gasteiger partial charge in [0.2, 0.25) is 0 Å². The number of aromatic nitrogens is 5. The number of benzene rings is 1. The molecule has 0 saturated carbocycles. The van der Waals surface area contributed by atoms with Crippen LogP contribution in [-0.4, -0.2) is 57.3 Å². The number of pyridine rings is 1. The van der Waals surface area contributed by atoms with Crippen molar-refractivity contribution in [3.8, 4) is 23.2 Å². The fourth-order valence-electron chi connectivity index (χ4n) is 4.97. The van der Waals surface area contributed by atoms with Crippen LogP contribution in [0.2, 0.25) is 0 Å². The molecule has 198 valence electrons. The van der Waals surface area contributed by atoms with Crippen molar-refractivity contribution in [2.45, 2.75) is 31.7 Å². The summed E-state index contributed by atoms with van der Waals surface area (Å²) in [4.78, 5) is 24.2. The second kappa shape index (κ2) is 11.3. The molecular weight excluding hydrogens is 495 g/mol. The predicted molar refractivity (Wildman–Crippen MR) is 148 cm³/mol. The van der Waals surface area contributed by atoms with Crippen LogP contribution in [-0.2, 0) is 4.74 Å². The van der Waals surface area contributed by atoms with Crippen molar-refractivity contribution in [2.24, 2.45) is 11.7 Å². The number of ether oxygens (including phenoxy) is 1. The normalized spacial score (nSPS) is 18.0. The van der Waals surface area contributed by atoms with Crippen LogP contribution in [0.5, 0.6) is 0 Å². The number of rotatable bonds is 4. The van der Waals surface area contributed by atoms with Gasteiger partial charge in [0.25, 0.3) is 0 Å². The van der Waals surface area contributed by atoms with Gasteiger partial charge in [-0.3, -0.25) is 9.97 Å². The minimum absolute atomic E-state index is 0.116. The summed E-state index contributed by atoms with van der Waals surface area (Å²) in [6.45, 7) is 3.18. The van der Waals surface area contributed by atoms with Crippen molar-refractivity contribution in [2.75, 3.05) is 36.5 Å². The Balaban J connectivity index is 1.30. The second-order valence-corrected chi connectivity index (χ2v) is 9.86. The monoisotopic (exact) mass is 524 g/mol. The summed E-state index contributed by atoms with van der Waals surface area (Å²) in [7, 11) is 0. The molecule has 39 heavy (non-hydrogen) atoms. The molecule has 0 unspecified atom stereocenters. The highest BCUT2D eigenvalue weighted by molar-refractivity contribution is 5.80. The van der Waals surface area contributed by atoms with Gasteiger partial charge >= 0.3 is 0 Å². The lowest BCUT2D eigenvalue weighted by molar-refractivity contribution is 0.0807. The Morgan fingerprint density at radius 1 is 0.974 bits per heavy atom. The van der Waals surface area contributed by atoms with Gasteiger partial charge in [-0.2, -0.15) is 0 Å². The lowest BCUT2D eigenvalue weighted by Crippen LogP contribution is -2.43. The minimum atomic E-state index is -0.463. The third kappa shape index (κ3) is 5.79. The van der Waals surface area contributed by atoms with E-state index in [-0.39, 0.29) is 17.4 Å². The zero-order valence-corrected chi connectivity index (χ0v) is 21.5. The van der Waals surface area contributed by atoms with Crippen molar-refractivity contribution < 1.29 is 9.13 Å². The minimum Gasteiger partial charge on any atom is -0.381 e. The molecule has 3 aromatic heterocycles. The molecule has 2 aliphatic heterocycles. The van der Waals surface area contributed by atoms with Gasteiger partial charge in [-0.05, 0) is 37.8 Å². The van der Waals surface area contributed by atoms with Crippen molar-refractivity contribution in [3.63, 3.8) is 0 Å². The summed E-state index contributed by atoms with van der Waals surface area (Å²) in [6, 6.07) is 6.78. The summed E-state index contributed by atoms with van der Waals surface area (Å²) in [6.07, 6.45) is 10.4. The number of anilines is 3. The van der Waals surface area contributed by atoms with E-state index in [0.29, 0.717) is 28.6 Å². The molecule has 2 fully saturated rings. The lowest BCUT2D eigenvalue weighted by Gasteiger charge is -2.33. The molecule has 0 aliphatic carbocycles. The van der Waals surface area contributed by atoms with Gasteiger partial charge < -0.3 is 20.7 Å². The van der Waals surface area contributed by atoms with E-state index in [9.17, 15) is 4.39 Å². The molecule has 0 amide bonds. The molecule has 2 saturated heterocycles. The Hall–Kier alpha value is -4.20. The van der Waals surface area contributed by atoms with Crippen LogP contribution < -0.4 is 16.0 Å². The van der Waals surface area contributed by atoms with Crippen LogP contribution in [0.1, 0.15) is 31.2 Å². The smallest absolute Gasteiger partial charge is 0.164 e. The van der Waals surface area contributed by atoms with Crippen LogP contribution in [0.25, 0.3) is 22.4 Å². The first kappa shape index (κ1) is 25.1. The van der Waals surface area contributed by atoms with Crippen LogP contribution in [0.4, 0.5) is 21.7 Å². The summed E-state index contributed by atoms with van der Waals surface area (Å²) < 4.78 is 20.4. The predicted octanol–water partition coefficient (Wildman–Crippen LogP) is 4.07. The maximum absolute atomic E-state index is 14.9. The van der Waals surface area contributed by atoms with Crippen molar-refractivity contribution in [1.82, 2.24) is 24.9 Å². The largest absolute Gasteiger partial charge is 0.381 e. The number of hydrogen-bond acceptors (Lipinski definition) is 9. The van der Waals surface area contributed by atoms with Crippen molar-refractivity contribution >= 4 is 28.4 Å². The fraction of sp³-hybridized carbons (Fsp3) is 0.345. The Kier molecular flexibility index (Phi) is 7.25. The Bertz CT molecular complexity index is 1550. The third-order valence-corrected chi connectivity index (χ3v) is 7.02. The van der Waals surface area contributed by atoms with Gasteiger partial charge in [0.15, 0.2) is 5.82 Å². The number of piperidine rings is 1. The van der Waals surface area contributed by atoms with E-state index < -0.39 is 5.82 Å². The first-order valence-electron chi connectivity index (χ1n) is 13.2. The fourth-order valence-corrected chi connectivity index (χ4v) is 4.97. The van der Waals surface area contributed by atoms with Crippen LogP contribution in [0.3, 0.4) is 0 Å². The van der Waals surface area contributed by atoms with Gasteiger partial charge in [0.1, 0.15) is 17.5 Å². The second-order valence-electron chi connectivity index (χ2n) is 9.86. The first-order valence-corrected chi connectivity index (χ1v) is 13.2. The summed E-state index contributed by atoms with van der Waals surface area (Å²) in [5.74, 6) is 8.02. The zero-order valence-electron chi connectivity index (χ0n) is 21.5. The number of halogens is 1. The standard InChI is InChI=1S/C29H29FN8O/c30-23-15-25-24(32-9-10-33-25)14-22(23)29-34-8-5-27(37-29)36-28-16-26(38-11-1-2-21(31)18-38)20(17-35-28)4-3-19-6-12-39-13-7-19/h5,8-10,14-17,19,21H,1-2,6-7,11-13,18,31H2,(H,34,35,36,37)/t21-/m0/s1. The van der Waals surface area contributed by atoms with E-state index in [4.69, 9.17) is 10.5 Å². The van der Waals surface area contributed by atoms with Crippen molar-refractivity contribution in [3.05, 3.63) is 60.4 Å². The zero-order chi connectivity index (χ0) is 26.6. The number of fused-ring (bicyclic) bond motifs is 1. The van der Waals surface area contributed by atoms with Gasteiger partial charge in [-0.25, -0.2) is 19.3 Å². The Morgan fingerprint density at radius 3 is 2.62 bits per heavy atom. The summed E-state index contributed by atoms with van der Waals surface area (Å²) in [5.41, 5.74) is 9.47. The van der Waals surface area contributed by atoms with E-state index in [1.807, 2.05) is 6.07 Å². The van der Waals surface area contributed by atoms with E-state index in [1.165, 1.54) is 12.3 Å². The van der Waals surface area contributed by atoms with Gasteiger partial charge in [0, 0.05) is 75.2 Å². The molecule has 3 N–H and O–H groups in total. The molecule has 0 spiro atoms. The van der Waals surface area contributed by atoms with Crippen molar-refractivity contribution in [1.29, 1.82) is 0 Å². The molecule has 5 heterocycles. The number of hydrogen-bond donors (Lipinski definition) is 2. The van der Waals surface area contributed by atoms with Gasteiger partial charge in [0.05, 0.1) is 27.8 Å². The molecule has 1 aromatic carbocycles. The van der Waals surface area contributed by atoms with Crippen LogP contribution in [0, 0.1) is 23.6 Å². The maximum Gasteiger partial charge on any atom is 0.164 e. The average Bonchev–Trinajstić information content (AvgIpc) is 2.97. The molecule has 9 nitrogen and oxygen atoms in total. The maximum atomic E-state index is 14.9. The highest BCUT2D eigenvalue weighted by atomic mass is 19.1. The SMILES string of the molecule is N[C@H]1CCCN(c2cc(Nc3ccnc(-c4cc5nccnc5cc4F)n3)ncc2C#CC2CCOCC2)C1. The first-order chi connectivity index (χ1) is 19.1. The molecule has 4 aromatic rings. The molecule has 1 atom stereocenters. The van der Waals surface area contributed by atoms with E-state index in [0.717, 1.165) is 63.2 Å². The van der Waals surface area contributed by atoms with Crippen LogP contribution in [0.15, 0.2) is 49.1 Å². The topological polar surface area (TPSA) is 115 Å². The number of nitrogens with two attached hydrogens (primary N) is 1. The molecule has 0 bridgehead atoms. The third-order valence-electron chi connectivity index (χ3n) is 7.02. The lowest BCUT2D eigenvalue weighted by atomic mass is 10.0. The molecule has 2 aliphatic rings. The molecular formula is C29H29FN8O. The van der Waals surface area contributed by atoms with E-state index in [1.54, 1.807) is 30.7 Å². The number of nitrogens with zero attached hydrogens (tertiary/aromatic N) is 6. The Labute approximate surface area is 226 Å². The van der Waals surface area contributed by atoms with Gasteiger partial charge in [-0.1, -0.05) is 11.8 Å². The van der Waals surface area contributed by atoms with E-state index >= 15 is 0 Å². The molecule has 0 radical (unpaired) electrons. The summed E-state index contributed by atoms with van der Waals surface area (Å²) >= 11 is 0. The Morgan fingerprint density at radius 2 is 1.79 bits per heavy atom. The van der Waals surface area contributed by atoms with Crippen LogP contribution >= 0.6 is 0 Å². The molecule has 10 heteroatoms. The van der Waals surface area contributed by atoms with E-state index in [2.05, 4.69) is 47.0 Å². The number of nitrogens with one attached hydrogen (secondary N) is 1. The average molecular weight is 525 g/mol. The molecule has 6 rings (SSSR count). The summed E-state index contributed by atoms with van der Waals surface area (Å²) in [5, 5.41) is 3.26. The quantitative estimate of drug-likeness (QED) is 0.381. The highest BCUT2D eigenvalue weighted by Gasteiger charge is 2.20. The van der Waals surface area contributed by atoms with Gasteiger partial charge in [-0.15, -0.1) is 0 Å².